The normalized spacial score (nSPS) is 13.5. The molecule has 0 fully saturated rings. The highest BCUT2D eigenvalue weighted by Crippen LogP contribution is 2.20. The zero-order valence-electron chi connectivity index (χ0n) is 11.2. The van der Waals surface area contributed by atoms with Gasteiger partial charge in [0.15, 0.2) is 5.78 Å². The first-order valence-corrected chi connectivity index (χ1v) is 7.40. The van der Waals surface area contributed by atoms with E-state index >= 15 is 0 Å². The minimum atomic E-state index is -2.57. The minimum absolute atomic E-state index is 0.0806. The fraction of sp³-hybridized carbons (Fsp3) is 0.727. The third kappa shape index (κ3) is 4.99. The molecule has 0 amide bonds. The molecule has 100 valence electrons. The summed E-state index contributed by atoms with van der Waals surface area (Å²) in [6, 6.07) is 0.612. The van der Waals surface area contributed by atoms with E-state index in [9.17, 15) is 9.90 Å². The van der Waals surface area contributed by atoms with E-state index in [0.29, 0.717) is 24.5 Å². The lowest BCUT2D eigenvalue weighted by atomic mass is 10.1. The van der Waals surface area contributed by atoms with Crippen LogP contribution in [0.3, 0.4) is 0 Å². The highest BCUT2D eigenvalue weighted by Gasteiger charge is 2.37. The summed E-state index contributed by atoms with van der Waals surface area (Å²) >= 11 is 0. The molecule has 0 aromatic rings. The minimum Gasteiger partial charge on any atom is -0.512 e. The van der Waals surface area contributed by atoms with Gasteiger partial charge in [0.2, 0.25) is 0 Å². The lowest BCUT2D eigenvalue weighted by Crippen LogP contribution is -2.42. The molecule has 1 N–H and O–H groups in total. The maximum Gasteiger partial charge on any atom is 0.500 e. The summed E-state index contributed by atoms with van der Waals surface area (Å²) in [6.07, 6.45) is 1.18. The largest absolute Gasteiger partial charge is 0.512 e. The highest BCUT2D eigenvalue weighted by atomic mass is 28.4. The molecule has 0 rings (SSSR count). The standard InChI is InChI=1S/C11H22O5Si/c1-9(12)11(10(2)13)7-6-8-17(14-3,15-4)16-5/h12H,6-8H2,1-5H3. The Labute approximate surface area is 104 Å². The second-order valence-electron chi connectivity index (χ2n) is 3.77. The number of aliphatic hydroxyl groups is 1. The second kappa shape index (κ2) is 7.60. The van der Waals surface area contributed by atoms with Crippen LogP contribution in [0.25, 0.3) is 0 Å². The van der Waals surface area contributed by atoms with Gasteiger partial charge in [-0.1, -0.05) is 0 Å². The van der Waals surface area contributed by atoms with Gasteiger partial charge >= 0.3 is 8.80 Å². The Morgan fingerprint density at radius 3 is 1.88 bits per heavy atom. The predicted octanol–water partition coefficient (Wildman–Crippen LogP) is 2.07. The van der Waals surface area contributed by atoms with Crippen molar-refractivity contribution in [3.8, 4) is 0 Å². The van der Waals surface area contributed by atoms with Gasteiger partial charge in [-0.25, -0.2) is 0 Å². The number of ketones is 1. The van der Waals surface area contributed by atoms with E-state index < -0.39 is 8.80 Å². The van der Waals surface area contributed by atoms with Crippen LogP contribution >= 0.6 is 0 Å². The van der Waals surface area contributed by atoms with Crippen LogP contribution < -0.4 is 0 Å². The van der Waals surface area contributed by atoms with Gasteiger partial charge in [0.25, 0.3) is 0 Å². The molecular weight excluding hydrogens is 240 g/mol. The molecule has 17 heavy (non-hydrogen) atoms. The van der Waals surface area contributed by atoms with Crippen molar-refractivity contribution in [2.45, 2.75) is 32.7 Å². The van der Waals surface area contributed by atoms with Crippen LogP contribution in [0.1, 0.15) is 26.7 Å². The number of carbonyl (C=O) groups is 1. The van der Waals surface area contributed by atoms with Crippen LogP contribution in [0, 0.1) is 0 Å². The van der Waals surface area contributed by atoms with Crippen LogP contribution in [0.4, 0.5) is 0 Å². The lowest BCUT2D eigenvalue weighted by Gasteiger charge is -2.24. The third-order valence-corrected chi connectivity index (χ3v) is 5.54. The van der Waals surface area contributed by atoms with Crippen molar-refractivity contribution in [1.29, 1.82) is 0 Å². The second-order valence-corrected chi connectivity index (χ2v) is 6.86. The first-order chi connectivity index (χ1) is 7.92. The Bertz CT molecular complexity index is 271. The number of allylic oxidation sites excluding steroid dienone is 2. The van der Waals surface area contributed by atoms with Gasteiger partial charge < -0.3 is 18.4 Å². The smallest absolute Gasteiger partial charge is 0.500 e. The van der Waals surface area contributed by atoms with Crippen molar-refractivity contribution in [3.05, 3.63) is 11.3 Å². The molecule has 0 radical (unpaired) electrons. The van der Waals surface area contributed by atoms with Crippen molar-refractivity contribution < 1.29 is 23.2 Å². The summed E-state index contributed by atoms with van der Waals surface area (Å²) in [5.74, 6) is -0.0264. The number of rotatable bonds is 8. The molecule has 0 aromatic carbocycles. The van der Waals surface area contributed by atoms with Crippen molar-refractivity contribution in [1.82, 2.24) is 0 Å². The molecule has 0 bridgehead atoms. The molecule has 0 heterocycles. The van der Waals surface area contributed by atoms with Gasteiger partial charge in [-0.05, 0) is 26.7 Å². The van der Waals surface area contributed by atoms with Crippen LogP contribution in [0.5, 0.6) is 0 Å². The number of hydrogen-bond donors (Lipinski definition) is 1. The average molecular weight is 262 g/mol. The predicted molar refractivity (Wildman–Crippen MR) is 66.8 cm³/mol. The monoisotopic (exact) mass is 262 g/mol. The quantitative estimate of drug-likeness (QED) is 0.412. The zero-order valence-corrected chi connectivity index (χ0v) is 12.2. The Hall–Kier alpha value is -0.693. The van der Waals surface area contributed by atoms with E-state index in [2.05, 4.69) is 0 Å². The maximum absolute atomic E-state index is 11.2. The first-order valence-electron chi connectivity index (χ1n) is 5.47. The molecule has 5 nitrogen and oxygen atoms in total. The van der Waals surface area contributed by atoms with Gasteiger partial charge in [0, 0.05) is 32.9 Å². The fourth-order valence-corrected chi connectivity index (χ4v) is 3.37. The molecule has 0 atom stereocenters. The molecule has 0 aromatic heterocycles. The Balaban J connectivity index is 4.40. The van der Waals surface area contributed by atoms with E-state index in [1.54, 1.807) is 21.3 Å². The molecule has 0 aliphatic heterocycles. The number of hydrogen-bond acceptors (Lipinski definition) is 5. The van der Waals surface area contributed by atoms with Gasteiger partial charge in [-0.2, -0.15) is 0 Å². The van der Waals surface area contributed by atoms with Crippen LogP contribution in [0.15, 0.2) is 11.3 Å². The van der Waals surface area contributed by atoms with E-state index in [1.807, 2.05) is 0 Å². The first kappa shape index (κ1) is 16.3. The van der Waals surface area contributed by atoms with Gasteiger partial charge in [0.1, 0.15) is 0 Å². The number of carbonyl (C=O) groups excluding carboxylic acids is 1. The Kier molecular flexibility index (Phi) is 7.29. The average Bonchev–Trinajstić information content (AvgIpc) is 2.29. The zero-order chi connectivity index (χ0) is 13.5. The molecule has 0 aliphatic carbocycles. The van der Waals surface area contributed by atoms with Gasteiger partial charge in [0.05, 0.1) is 5.76 Å². The summed E-state index contributed by atoms with van der Waals surface area (Å²) in [5, 5.41) is 9.36. The fourth-order valence-electron chi connectivity index (χ4n) is 1.65. The lowest BCUT2D eigenvalue weighted by molar-refractivity contribution is -0.113. The third-order valence-electron chi connectivity index (χ3n) is 2.70. The summed E-state index contributed by atoms with van der Waals surface area (Å²) in [7, 11) is 2.09. The summed E-state index contributed by atoms with van der Waals surface area (Å²) in [6.45, 7) is 2.97. The number of Topliss-reactive ketones (excluding diaryl/α,β-unsaturated/α-hetero) is 1. The van der Waals surface area contributed by atoms with Crippen LogP contribution in [0.2, 0.25) is 6.04 Å². The summed E-state index contributed by atoms with van der Waals surface area (Å²) < 4.78 is 15.8. The maximum atomic E-state index is 11.2. The molecule has 6 heteroatoms. The molecule has 0 spiro atoms. The highest BCUT2D eigenvalue weighted by molar-refractivity contribution is 6.60. The van der Waals surface area contributed by atoms with Crippen molar-refractivity contribution in [2.24, 2.45) is 0 Å². The SMILES string of the molecule is CO[Si](CCCC(C(C)=O)=C(C)O)(OC)OC. The van der Waals surface area contributed by atoms with E-state index in [4.69, 9.17) is 13.3 Å². The van der Waals surface area contributed by atoms with E-state index in [1.165, 1.54) is 13.8 Å². The van der Waals surface area contributed by atoms with E-state index in [0.717, 1.165) is 0 Å². The Morgan fingerprint density at radius 1 is 1.12 bits per heavy atom. The molecule has 0 aliphatic rings. The van der Waals surface area contributed by atoms with Crippen LogP contribution in [-0.2, 0) is 18.1 Å². The molecule has 0 saturated carbocycles. The van der Waals surface area contributed by atoms with Crippen LogP contribution in [-0.4, -0.2) is 41.0 Å². The van der Waals surface area contributed by atoms with Gasteiger partial charge in [-0.15, -0.1) is 0 Å². The molecular formula is C11H22O5Si. The molecule has 0 saturated heterocycles. The Morgan fingerprint density at radius 2 is 1.59 bits per heavy atom. The summed E-state index contributed by atoms with van der Waals surface area (Å²) in [5.41, 5.74) is 0.455. The summed E-state index contributed by atoms with van der Waals surface area (Å²) in [4.78, 5) is 11.2. The van der Waals surface area contributed by atoms with Crippen molar-refractivity contribution in [3.63, 3.8) is 0 Å². The number of aliphatic hydroxyl groups excluding tert-OH is 1. The molecule has 0 unspecified atom stereocenters. The van der Waals surface area contributed by atoms with E-state index in [-0.39, 0.29) is 11.5 Å². The topological polar surface area (TPSA) is 65.0 Å². The van der Waals surface area contributed by atoms with Crippen molar-refractivity contribution in [2.75, 3.05) is 21.3 Å². The van der Waals surface area contributed by atoms with Crippen molar-refractivity contribution >= 4 is 14.6 Å². The van der Waals surface area contributed by atoms with Gasteiger partial charge in [-0.3, -0.25) is 4.79 Å².